The third-order valence-corrected chi connectivity index (χ3v) is 5.60. The first kappa shape index (κ1) is 22.5. The molecule has 2 aromatic carbocycles. The predicted octanol–water partition coefficient (Wildman–Crippen LogP) is 4.20. The van der Waals surface area contributed by atoms with Crippen LogP contribution >= 0.6 is 0 Å². The van der Waals surface area contributed by atoms with Gasteiger partial charge in [0.25, 0.3) is 0 Å². The zero-order chi connectivity index (χ0) is 23.2. The summed E-state index contributed by atoms with van der Waals surface area (Å²) in [7, 11) is 2.16. The van der Waals surface area contributed by atoms with Crippen molar-refractivity contribution >= 4 is 34.8 Å². The highest BCUT2D eigenvalue weighted by Gasteiger charge is 2.14. The molecule has 172 valence electrons. The normalized spacial score (nSPS) is 14.1. The van der Waals surface area contributed by atoms with Crippen LogP contribution in [0.4, 0.5) is 28.8 Å². The Bertz CT molecular complexity index is 1090. The number of aryl methyl sites for hydroxylation is 1. The molecule has 0 atom stereocenters. The minimum Gasteiger partial charge on any atom is -0.462 e. The lowest BCUT2D eigenvalue weighted by Gasteiger charge is -2.34. The molecule has 1 aliphatic rings. The van der Waals surface area contributed by atoms with Crippen LogP contribution in [-0.2, 0) is 4.74 Å². The Hall–Kier alpha value is -3.65. The predicted molar refractivity (Wildman–Crippen MR) is 132 cm³/mol. The Balaban J connectivity index is 1.44. The highest BCUT2D eigenvalue weighted by molar-refractivity contribution is 5.90. The molecular formula is C25H30N6O2. The van der Waals surface area contributed by atoms with Gasteiger partial charge in [-0.05, 0) is 63.4 Å². The summed E-state index contributed by atoms with van der Waals surface area (Å²) in [6.07, 6.45) is 1.77. The molecule has 2 N–H and O–H groups in total. The van der Waals surface area contributed by atoms with Gasteiger partial charge in [0.1, 0.15) is 5.82 Å². The molecule has 0 unspecified atom stereocenters. The molecule has 1 aliphatic heterocycles. The van der Waals surface area contributed by atoms with Gasteiger partial charge >= 0.3 is 5.97 Å². The summed E-state index contributed by atoms with van der Waals surface area (Å²) >= 11 is 0. The molecular weight excluding hydrogens is 416 g/mol. The number of piperazine rings is 1. The molecule has 1 aromatic heterocycles. The van der Waals surface area contributed by atoms with Crippen molar-refractivity contribution in [3.8, 4) is 0 Å². The molecule has 3 aromatic rings. The number of benzene rings is 2. The van der Waals surface area contributed by atoms with E-state index in [1.165, 1.54) is 5.69 Å². The quantitative estimate of drug-likeness (QED) is 0.523. The second-order valence-corrected chi connectivity index (χ2v) is 8.11. The molecule has 8 nitrogen and oxygen atoms in total. The van der Waals surface area contributed by atoms with Gasteiger partial charge in [-0.15, -0.1) is 0 Å². The Morgan fingerprint density at radius 1 is 1.03 bits per heavy atom. The average Bonchev–Trinajstić information content (AvgIpc) is 2.83. The van der Waals surface area contributed by atoms with Gasteiger partial charge < -0.3 is 25.2 Å². The molecule has 0 bridgehead atoms. The number of esters is 1. The fraction of sp³-hybridized carbons (Fsp3) is 0.320. The minimum atomic E-state index is -0.345. The second kappa shape index (κ2) is 10.3. The van der Waals surface area contributed by atoms with E-state index in [1.54, 1.807) is 25.3 Å². The zero-order valence-corrected chi connectivity index (χ0v) is 19.3. The Morgan fingerprint density at radius 3 is 2.52 bits per heavy atom. The number of likely N-dealkylation sites (N-methyl/N-ethyl adjacent to an activating group) is 1. The largest absolute Gasteiger partial charge is 0.462 e. The number of ether oxygens (including phenoxy) is 1. The number of rotatable bonds is 7. The molecule has 1 saturated heterocycles. The third kappa shape index (κ3) is 5.78. The van der Waals surface area contributed by atoms with Crippen LogP contribution in [0, 0.1) is 6.92 Å². The number of anilines is 5. The van der Waals surface area contributed by atoms with Gasteiger partial charge in [0.05, 0.1) is 12.2 Å². The summed E-state index contributed by atoms with van der Waals surface area (Å²) in [6, 6.07) is 15.5. The van der Waals surface area contributed by atoms with Crippen molar-refractivity contribution in [3.63, 3.8) is 0 Å². The molecule has 2 heterocycles. The van der Waals surface area contributed by atoms with Crippen molar-refractivity contribution in [2.45, 2.75) is 13.8 Å². The van der Waals surface area contributed by atoms with Crippen LogP contribution in [0.25, 0.3) is 0 Å². The fourth-order valence-electron chi connectivity index (χ4n) is 3.65. The van der Waals surface area contributed by atoms with Crippen LogP contribution in [-0.4, -0.2) is 60.7 Å². The van der Waals surface area contributed by atoms with Crippen molar-refractivity contribution < 1.29 is 9.53 Å². The van der Waals surface area contributed by atoms with Gasteiger partial charge in [-0.2, -0.15) is 4.98 Å². The van der Waals surface area contributed by atoms with Gasteiger partial charge in [-0.25, -0.2) is 9.78 Å². The van der Waals surface area contributed by atoms with E-state index in [1.807, 2.05) is 31.2 Å². The summed E-state index contributed by atoms with van der Waals surface area (Å²) < 4.78 is 5.09. The summed E-state index contributed by atoms with van der Waals surface area (Å²) in [5, 5.41) is 6.56. The molecule has 0 radical (unpaired) electrons. The van der Waals surface area contributed by atoms with Crippen LogP contribution in [0.1, 0.15) is 22.8 Å². The number of nitrogens with zero attached hydrogens (tertiary/aromatic N) is 4. The summed E-state index contributed by atoms with van der Waals surface area (Å²) in [6.45, 7) is 8.30. The third-order valence-electron chi connectivity index (χ3n) is 5.60. The van der Waals surface area contributed by atoms with Crippen molar-refractivity contribution in [1.29, 1.82) is 0 Å². The summed E-state index contributed by atoms with van der Waals surface area (Å²) in [4.78, 5) is 25.8. The van der Waals surface area contributed by atoms with Crippen LogP contribution in [0.2, 0.25) is 0 Å². The first-order valence-corrected chi connectivity index (χ1v) is 11.2. The van der Waals surface area contributed by atoms with Crippen molar-refractivity contribution in [3.05, 3.63) is 65.9 Å². The highest BCUT2D eigenvalue weighted by atomic mass is 16.5. The number of aromatic nitrogens is 2. The maximum Gasteiger partial charge on any atom is 0.338 e. The van der Waals surface area contributed by atoms with Gasteiger partial charge in [0, 0.05) is 55.0 Å². The lowest BCUT2D eigenvalue weighted by atomic mass is 10.2. The van der Waals surface area contributed by atoms with Gasteiger partial charge in [-0.3, -0.25) is 0 Å². The Morgan fingerprint density at radius 2 is 1.79 bits per heavy atom. The van der Waals surface area contributed by atoms with E-state index in [4.69, 9.17) is 4.74 Å². The van der Waals surface area contributed by atoms with E-state index < -0.39 is 0 Å². The van der Waals surface area contributed by atoms with Crippen molar-refractivity contribution in [2.75, 3.05) is 55.4 Å². The lowest BCUT2D eigenvalue weighted by molar-refractivity contribution is 0.0526. The molecule has 4 rings (SSSR count). The Kier molecular flexibility index (Phi) is 7.04. The number of carbonyl (C=O) groups is 1. The van der Waals surface area contributed by atoms with Gasteiger partial charge in [0.15, 0.2) is 0 Å². The molecule has 8 heteroatoms. The lowest BCUT2D eigenvalue weighted by Crippen LogP contribution is -2.44. The first-order chi connectivity index (χ1) is 16.0. The molecule has 0 saturated carbocycles. The molecule has 0 spiro atoms. The maximum absolute atomic E-state index is 12.0. The van der Waals surface area contributed by atoms with E-state index in [9.17, 15) is 4.79 Å². The molecule has 33 heavy (non-hydrogen) atoms. The number of hydrogen-bond donors (Lipinski definition) is 2. The minimum absolute atomic E-state index is 0.340. The monoisotopic (exact) mass is 446 g/mol. The van der Waals surface area contributed by atoms with E-state index in [0.717, 1.165) is 43.1 Å². The first-order valence-electron chi connectivity index (χ1n) is 11.2. The second-order valence-electron chi connectivity index (χ2n) is 8.11. The van der Waals surface area contributed by atoms with Crippen molar-refractivity contribution in [2.24, 2.45) is 0 Å². The smallest absolute Gasteiger partial charge is 0.338 e. The van der Waals surface area contributed by atoms with Crippen molar-refractivity contribution in [1.82, 2.24) is 14.9 Å². The maximum atomic E-state index is 12.0. The average molecular weight is 447 g/mol. The van der Waals surface area contributed by atoms with E-state index >= 15 is 0 Å². The van der Waals surface area contributed by atoms with E-state index in [0.29, 0.717) is 23.9 Å². The number of hydrogen-bond acceptors (Lipinski definition) is 8. The van der Waals surface area contributed by atoms with Crippen LogP contribution in [0.5, 0.6) is 0 Å². The Labute approximate surface area is 194 Å². The number of nitrogens with one attached hydrogen (secondary N) is 2. The summed E-state index contributed by atoms with van der Waals surface area (Å²) in [5.74, 6) is 0.822. The molecule has 0 amide bonds. The van der Waals surface area contributed by atoms with Gasteiger partial charge in [0.2, 0.25) is 5.95 Å². The van der Waals surface area contributed by atoms with Crippen LogP contribution < -0.4 is 15.5 Å². The summed E-state index contributed by atoms with van der Waals surface area (Å²) in [5.41, 5.74) is 4.29. The van der Waals surface area contributed by atoms with Crippen LogP contribution in [0.15, 0.2) is 54.7 Å². The molecule has 0 aliphatic carbocycles. The fourth-order valence-corrected chi connectivity index (χ4v) is 3.65. The van der Waals surface area contributed by atoms with E-state index in [2.05, 4.69) is 49.6 Å². The van der Waals surface area contributed by atoms with Gasteiger partial charge in [-0.1, -0.05) is 6.07 Å². The standard InChI is InChI=1S/C25H30N6O2/c1-4-33-24(32)19-6-5-7-21(16-19)27-23-18(2)17-26-25(29-23)28-20-8-10-22(11-9-20)31-14-12-30(3)13-15-31/h5-11,16-17H,4,12-15H2,1-3H3,(H2,26,27,28,29). The highest BCUT2D eigenvalue weighted by Crippen LogP contribution is 2.24. The molecule has 1 fully saturated rings. The van der Waals surface area contributed by atoms with Crippen LogP contribution in [0.3, 0.4) is 0 Å². The topological polar surface area (TPSA) is 82.6 Å². The SMILES string of the molecule is CCOC(=O)c1cccc(Nc2nc(Nc3ccc(N4CCN(C)CC4)cc3)ncc2C)c1. The number of carbonyl (C=O) groups excluding carboxylic acids is 1. The van der Waals surface area contributed by atoms with E-state index in [-0.39, 0.29) is 5.97 Å². The zero-order valence-electron chi connectivity index (χ0n) is 19.3.